The quantitative estimate of drug-likeness (QED) is 0.504. The third-order valence-electron chi connectivity index (χ3n) is 4.42. The number of anilines is 1. The van der Waals surface area contributed by atoms with Gasteiger partial charge in [0.15, 0.2) is 11.4 Å². The van der Waals surface area contributed by atoms with Gasteiger partial charge in [-0.3, -0.25) is 4.79 Å². The minimum atomic E-state index is -1.28. The van der Waals surface area contributed by atoms with Gasteiger partial charge in [-0.05, 0) is 31.5 Å². The fourth-order valence-corrected chi connectivity index (χ4v) is 2.79. The fourth-order valence-electron chi connectivity index (χ4n) is 2.79. The van der Waals surface area contributed by atoms with Crippen LogP contribution in [0.2, 0.25) is 0 Å². The van der Waals surface area contributed by atoms with Gasteiger partial charge in [-0.2, -0.15) is 0 Å². The van der Waals surface area contributed by atoms with E-state index in [1.807, 2.05) is 13.8 Å². The first-order valence-corrected chi connectivity index (χ1v) is 8.42. The number of benzene rings is 1. The molecule has 138 valence electrons. The summed E-state index contributed by atoms with van der Waals surface area (Å²) in [6.45, 7) is 6.84. The second kappa shape index (κ2) is 6.16. The number of nitrogens with one attached hydrogen (secondary N) is 1. The molecule has 1 atom stereocenters. The molecule has 7 heteroatoms. The number of cyclic esters (lactones) is 2. The Bertz CT molecular complexity index is 803. The Morgan fingerprint density at radius 3 is 2.35 bits per heavy atom. The van der Waals surface area contributed by atoms with Crippen LogP contribution in [0.4, 0.5) is 5.69 Å². The highest BCUT2D eigenvalue weighted by Crippen LogP contribution is 2.36. The second-order valence-electron chi connectivity index (χ2n) is 7.10. The molecular weight excluding hydrogens is 338 g/mol. The van der Waals surface area contributed by atoms with Gasteiger partial charge >= 0.3 is 11.9 Å². The monoisotopic (exact) mass is 359 g/mol. The van der Waals surface area contributed by atoms with Crippen LogP contribution in [0.15, 0.2) is 30.0 Å². The number of Topliss-reactive ketones (excluding diaryl/α,β-unsaturated/α-hetero) is 1. The summed E-state index contributed by atoms with van der Waals surface area (Å²) in [6, 6.07) is 5.03. The van der Waals surface area contributed by atoms with Crippen molar-refractivity contribution in [1.82, 2.24) is 0 Å². The lowest BCUT2D eigenvalue weighted by Gasteiger charge is -2.34. The minimum absolute atomic E-state index is 0.00913. The van der Waals surface area contributed by atoms with Crippen LogP contribution in [-0.4, -0.2) is 29.1 Å². The topological polar surface area (TPSA) is 90.9 Å². The zero-order valence-corrected chi connectivity index (χ0v) is 15.2. The highest BCUT2D eigenvalue weighted by atomic mass is 16.7. The number of esters is 2. The summed E-state index contributed by atoms with van der Waals surface area (Å²) >= 11 is 0. The van der Waals surface area contributed by atoms with E-state index in [0.29, 0.717) is 23.4 Å². The molecule has 2 aliphatic heterocycles. The number of fused-ring (bicyclic) bond motifs is 1. The Morgan fingerprint density at radius 1 is 1.08 bits per heavy atom. The van der Waals surface area contributed by atoms with Crippen LogP contribution in [0.5, 0.6) is 5.75 Å². The first-order chi connectivity index (χ1) is 12.1. The third kappa shape index (κ3) is 3.42. The molecule has 7 nitrogen and oxygen atoms in total. The van der Waals surface area contributed by atoms with Crippen molar-refractivity contribution in [2.24, 2.45) is 0 Å². The molecule has 1 aromatic carbocycles. The summed E-state index contributed by atoms with van der Waals surface area (Å²) in [4.78, 5) is 36.3. The number of rotatable bonds is 3. The highest BCUT2D eigenvalue weighted by molar-refractivity contribution is 6.15. The third-order valence-corrected chi connectivity index (χ3v) is 4.42. The number of hydrogen-bond acceptors (Lipinski definition) is 7. The average molecular weight is 359 g/mol. The molecule has 1 unspecified atom stereocenters. The summed E-state index contributed by atoms with van der Waals surface area (Å²) < 4.78 is 16.0. The molecule has 0 spiro atoms. The summed E-state index contributed by atoms with van der Waals surface area (Å²) in [7, 11) is 0. The average Bonchev–Trinajstić information content (AvgIpc) is 2.53. The maximum absolute atomic E-state index is 12.4. The molecule has 0 amide bonds. The second-order valence-corrected chi connectivity index (χ2v) is 7.10. The number of ketones is 1. The van der Waals surface area contributed by atoms with Crippen molar-refractivity contribution in [3.05, 3.63) is 35.5 Å². The van der Waals surface area contributed by atoms with Gasteiger partial charge in [-0.1, -0.05) is 6.92 Å². The van der Waals surface area contributed by atoms with E-state index >= 15 is 0 Å². The Hall–Kier alpha value is -2.83. The van der Waals surface area contributed by atoms with E-state index in [1.165, 1.54) is 20.0 Å². The zero-order valence-electron chi connectivity index (χ0n) is 15.2. The van der Waals surface area contributed by atoms with Gasteiger partial charge in [0.25, 0.3) is 5.79 Å². The summed E-state index contributed by atoms with van der Waals surface area (Å²) in [5.74, 6) is -2.30. The van der Waals surface area contributed by atoms with Crippen LogP contribution in [0, 0.1) is 0 Å². The molecule has 0 aromatic heterocycles. The van der Waals surface area contributed by atoms with Crippen LogP contribution in [0.3, 0.4) is 0 Å². The SMILES string of the molecule is CCC1(C)CC(=O)c2cc(NC=C3C(=O)OC(C)(C)OC3=O)ccc2O1. The molecule has 1 saturated heterocycles. The summed E-state index contributed by atoms with van der Waals surface area (Å²) in [5.41, 5.74) is 0.264. The maximum Gasteiger partial charge on any atom is 0.350 e. The summed E-state index contributed by atoms with van der Waals surface area (Å²) in [6.07, 6.45) is 2.24. The molecule has 1 fully saturated rings. The van der Waals surface area contributed by atoms with Gasteiger partial charge in [0.05, 0.1) is 12.0 Å². The van der Waals surface area contributed by atoms with Crippen molar-refractivity contribution in [3.63, 3.8) is 0 Å². The predicted octanol–water partition coefficient (Wildman–Crippen LogP) is 2.95. The van der Waals surface area contributed by atoms with Gasteiger partial charge in [-0.15, -0.1) is 0 Å². The number of ether oxygens (including phenoxy) is 3. The molecule has 2 heterocycles. The largest absolute Gasteiger partial charge is 0.486 e. The molecule has 0 radical (unpaired) electrons. The van der Waals surface area contributed by atoms with Crippen molar-refractivity contribution in [2.45, 2.75) is 51.9 Å². The lowest BCUT2D eigenvalue weighted by atomic mass is 9.89. The van der Waals surface area contributed by atoms with Crippen molar-refractivity contribution in [1.29, 1.82) is 0 Å². The Kier molecular flexibility index (Phi) is 4.26. The van der Waals surface area contributed by atoms with Crippen LogP contribution in [0.1, 0.15) is 50.9 Å². The molecule has 0 bridgehead atoms. The van der Waals surface area contributed by atoms with E-state index in [0.717, 1.165) is 6.42 Å². The molecule has 3 rings (SSSR count). The summed E-state index contributed by atoms with van der Waals surface area (Å²) in [5, 5.41) is 2.84. The van der Waals surface area contributed by atoms with Gasteiger partial charge < -0.3 is 19.5 Å². The minimum Gasteiger partial charge on any atom is -0.486 e. The number of carbonyl (C=O) groups excluding carboxylic acids is 3. The Morgan fingerprint density at radius 2 is 1.73 bits per heavy atom. The maximum atomic E-state index is 12.4. The number of hydrogen-bond donors (Lipinski definition) is 1. The van der Waals surface area contributed by atoms with E-state index in [9.17, 15) is 14.4 Å². The van der Waals surface area contributed by atoms with Gasteiger partial charge in [0.2, 0.25) is 0 Å². The molecule has 1 N–H and O–H groups in total. The van der Waals surface area contributed by atoms with E-state index in [4.69, 9.17) is 14.2 Å². The molecular formula is C19H21NO6. The zero-order chi connectivity index (χ0) is 19.1. The van der Waals surface area contributed by atoms with E-state index in [2.05, 4.69) is 5.32 Å². The normalized spacial score (nSPS) is 24.2. The van der Waals surface area contributed by atoms with Gasteiger partial charge in [-0.25, -0.2) is 9.59 Å². The van der Waals surface area contributed by atoms with Crippen molar-refractivity contribution < 1.29 is 28.6 Å². The van der Waals surface area contributed by atoms with E-state index < -0.39 is 23.3 Å². The first kappa shape index (κ1) is 18.0. The molecule has 0 saturated carbocycles. The molecule has 26 heavy (non-hydrogen) atoms. The highest BCUT2D eigenvalue weighted by Gasteiger charge is 2.39. The van der Waals surface area contributed by atoms with Crippen molar-refractivity contribution in [2.75, 3.05) is 5.32 Å². The lowest BCUT2D eigenvalue weighted by Crippen LogP contribution is -2.42. The van der Waals surface area contributed by atoms with Crippen LogP contribution in [0.25, 0.3) is 0 Å². The van der Waals surface area contributed by atoms with Crippen molar-refractivity contribution in [3.8, 4) is 5.75 Å². The standard InChI is InChI=1S/C19H21NO6/c1-5-19(4)9-14(21)12-8-11(6-7-15(12)24-19)20-10-13-16(22)25-18(2,3)26-17(13)23/h6-8,10,20H,5,9H2,1-4H3. The smallest absolute Gasteiger partial charge is 0.350 e. The molecule has 1 aromatic rings. The molecule has 0 aliphatic carbocycles. The Balaban J connectivity index is 1.81. The van der Waals surface area contributed by atoms with Gasteiger partial charge in [0, 0.05) is 25.7 Å². The van der Waals surface area contributed by atoms with Crippen LogP contribution < -0.4 is 10.1 Å². The van der Waals surface area contributed by atoms with Crippen LogP contribution >= 0.6 is 0 Å². The van der Waals surface area contributed by atoms with E-state index in [-0.39, 0.29) is 11.4 Å². The predicted molar refractivity (Wildman–Crippen MR) is 92.7 cm³/mol. The van der Waals surface area contributed by atoms with Gasteiger partial charge in [0.1, 0.15) is 11.4 Å². The molecule has 2 aliphatic rings. The fraction of sp³-hybridized carbons (Fsp3) is 0.421. The van der Waals surface area contributed by atoms with Crippen LogP contribution in [-0.2, 0) is 19.1 Å². The number of carbonyl (C=O) groups is 3. The first-order valence-electron chi connectivity index (χ1n) is 8.42. The van der Waals surface area contributed by atoms with E-state index in [1.54, 1.807) is 18.2 Å². The Labute approximate surface area is 151 Å². The van der Waals surface area contributed by atoms with Crippen molar-refractivity contribution >= 4 is 23.4 Å². The lowest BCUT2D eigenvalue weighted by molar-refractivity contribution is -0.222.